The van der Waals surface area contributed by atoms with E-state index in [1.807, 2.05) is 22.4 Å². The van der Waals surface area contributed by atoms with Crippen LogP contribution in [0.15, 0.2) is 64.9 Å². The zero-order chi connectivity index (χ0) is 21.3. The minimum atomic E-state index is -3.76. The number of primary sulfonamides is 1. The number of nitrogens with one attached hydrogen (secondary N) is 1. The minimum Gasteiger partial charge on any atom is -0.362 e. The second-order valence-electron chi connectivity index (χ2n) is 7.07. The predicted molar refractivity (Wildman–Crippen MR) is 114 cm³/mol. The largest absolute Gasteiger partial charge is 0.362 e. The van der Waals surface area contributed by atoms with Crippen LogP contribution < -0.4 is 15.4 Å². The average Bonchev–Trinajstić information content (AvgIpc) is 3.36. The van der Waals surface area contributed by atoms with Gasteiger partial charge in [0.1, 0.15) is 5.82 Å². The van der Waals surface area contributed by atoms with E-state index in [1.54, 1.807) is 24.3 Å². The van der Waals surface area contributed by atoms with Crippen LogP contribution in [0.1, 0.15) is 22.0 Å². The number of carbonyl (C=O) groups excluding carboxylic acids is 1. The third-order valence-corrected chi connectivity index (χ3v) is 6.89. The van der Waals surface area contributed by atoms with Crippen LogP contribution in [0.2, 0.25) is 0 Å². The molecule has 0 unspecified atom stereocenters. The summed E-state index contributed by atoms with van der Waals surface area (Å²) in [5.41, 5.74) is 2.47. The topological polar surface area (TPSA) is 92.5 Å². The Morgan fingerprint density at radius 2 is 1.97 bits per heavy atom. The fourth-order valence-corrected chi connectivity index (χ4v) is 4.96. The van der Waals surface area contributed by atoms with Crippen molar-refractivity contribution in [2.24, 2.45) is 5.14 Å². The lowest BCUT2D eigenvalue weighted by molar-refractivity contribution is -0.120. The Morgan fingerprint density at radius 3 is 2.63 bits per heavy atom. The quantitative estimate of drug-likeness (QED) is 0.610. The van der Waals surface area contributed by atoms with Gasteiger partial charge in [0.05, 0.1) is 17.5 Å². The molecule has 1 aliphatic rings. The molecule has 1 aromatic heterocycles. The van der Waals surface area contributed by atoms with Crippen molar-refractivity contribution in [3.63, 3.8) is 0 Å². The number of carbonyl (C=O) groups is 1. The van der Waals surface area contributed by atoms with E-state index in [1.165, 1.54) is 29.5 Å². The first-order chi connectivity index (χ1) is 14.3. The summed E-state index contributed by atoms with van der Waals surface area (Å²) < 4.78 is 36.4. The van der Waals surface area contributed by atoms with Gasteiger partial charge in [-0.15, -0.1) is 11.3 Å². The van der Waals surface area contributed by atoms with Crippen LogP contribution in [0.3, 0.4) is 0 Å². The summed E-state index contributed by atoms with van der Waals surface area (Å²) in [5.74, 6) is -0.511. The summed E-state index contributed by atoms with van der Waals surface area (Å²) >= 11 is 1.52. The number of benzene rings is 2. The van der Waals surface area contributed by atoms with Gasteiger partial charge in [0.15, 0.2) is 0 Å². The molecule has 0 saturated carbocycles. The number of hydrogen-bond donors (Lipinski definition) is 2. The van der Waals surface area contributed by atoms with Crippen molar-refractivity contribution in [2.75, 3.05) is 18.0 Å². The van der Waals surface area contributed by atoms with Crippen LogP contribution in [-0.2, 0) is 21.2 Å². The third-order valence-electron chi connectivity index (χ3n) is 5.04. The molecule has 2 aromatic carbocycles. The third kappa shape index (κ3) is 4.38. The van der Waals surface area contributed by atoms with Crippen LogP contribution in [0.5, 0.6) is 0 Å². The van der Waals surface area contributed by atoms with Crippen molar-refractivity contribution in [1.82, 2.24) is 5.32 Å². The zero-order valence-corrected chi connectivity index (χ0v) is 17.5. The molecule has 3 N–H and O–H groups in total. The minimum absolute atomic E-state index is 0.0709. The first kappa shape index (κ1) is 20.5. The Kier molecular flexibility index (Phi) is 5.59. The molecule has 156 valence electrons. The molecule has 0 saturated heterocycles. The molecule has 1 atom stereocenters. The summed E-state index contributed by atoms with van der Waals surface area (Å²) in [6.45, 7) is 0.738. The van der Waals surface area contributed by atoms with Crippen molar-refractivity contribution in [2.45, 2.75) is 17.4 Å². The number of fused-ring (bicyclic) bond motifs is 1. The highest BCUT2D eigenvalue weighted by molar-refractivity contribution is 7.89. The maximum atomic E-state index is 13.3. The highest BCUT2D eigenvalue weighted by atomic mass is 32.2. The van der Waals surface area contributed by atoms with Crippen molar-refractivity contribution < 1.29 is 17.6 Å². The van der Waals surface area contributed by atoms with Gasteiger partial charge in [0.2, 0.25) is 15.9 Å². The number of rotatable bonds is 6. The molecule has 1 amide bonds. The van der Waals surface area contributed by atoms with Crippen LogP contribution in [-0.4, -0.2) is 27.4 Å². The molecule has 0 spiro atoms. The Labute approximate surface area is 178 Å². The molecule has 3 aromatic rings. The highest BCUT2D eigenvalue weighted by Gasteiger charge is 2.25. The highest BCUT2D eigenvalue weighted by Crippen LogP contribution is 2.30. The van der Waals surface area contributed by atoms with Gasteiger partial charge in [-0.25, -0.2) is 17.9 Å². The lowest BCUT2D eigenvalue weighted by Crippen LogP contribution is -2.38. The normalized spacial score (nSPS) is 14.4. The summed E-state index contributed by atoms with van der Waals surface area (Å²) in [4.78, 5) is 15.8. The van der Waals surface area contributed by atoms with E-state index in [-0.39, 0.29) is 29.2 Å². The Balaban J connectivity index is 1.51. The van der Waals surface area contributed by atoms with Crippen molar-refractivity contribution in [3.05, 3.63) is 81.8 Å². The van der Waals surface area contributed by atoms with Crippen LogP contribution >= 0.6 is 11.3 Å². The fourth-order valence-electron chi connectivity index (χ4n) is 3.60. The summed E-state index contributed by atoms with van der Waals surface area (Å²) in [7, 11) is -3.76. The number of amides is 1. The zero-order valence-electron chi connectivity index (χ0n) is 15.9. The first-order valence-corrected chi connectivity index (χ1v) is 11.7. The van der Waals surface area contributed by atoms with Crippen molar-refractivity contribution >= 4 is 33.0 Å². The summed E-state index contributed by atoms with van der Waals surface area (Å²) in [5, 5.41) is 10.2. The van der Waals surface area contributed by atoms with Crippen LogP contribution in [0.4, 0.5) is 10.1 Å². The number of sulfonamides is 1. The average molecular weight is 446 g/mol. The monoisotopic (exact) mass is 445 g/mol. The number of thiophene rings is 1. The van der Waals surface area contributed by atoms with Gasteiger partial charge in [0.25, 0.3) is 0 Å². The van der Waals surface area contributed by atoms with Gasteiger partial charge in [0, 0.05) is 17.1 Å². The Morgan fingerprint density at radius 1 is 1.20 bits per heavy atom. The van der Waals surface area contributed by atoms with Gasteiger partial charge in [-0.05, 0) is 59.3 Å². The smallest absolute Gasteiger partial charge is 0.240 e. The fraction of sp³-hybridized carbons (Fsp3) is 0.190. The van der Waals surface area contributed by atoms with Gasteiger partial charge in [-0.2, -0.15) is 0 Å². The van der Waals surface area contributed by atoms with Gasteiger partial charge in [-0.3, -0.25) is 4.79 Å². The van der Waals surface area contributed by atoms with Crippen LogP contribution in [0.25, 0.3) is 0 Å². The maximum absolute atomic E-state index is 13.3. The SMILES string of the molecule is NS(=O)(=O)c1ccc2c(c1)CCN2CC(=O)N[C@@H](c1ccc(F)cc1)c1cccs1. The predicted octanol–water partition coefficient (Wildman–Crippen LogP) is 2.80. The molecule has 30 heavy (non-hydrogen) atoms. The summed E-state index contributed by atoms with van der Waals surface area (Å²) in [6.07, 6.45) is 0.637. The van der Waals surface area contributed by atoms with E-state index in [4.69, 9.17) is 5.14 Å². The molecular formula is C21H20FN3O3S2. The molecule has 6 nitrogen and oxygen atoms in total. The summed E-state index contributed by atoms with van der Waals surface area (Å²) in [6, 6.07) is 14.3. The Bertz CT molecular complexity index is 1160. The van der Waals surface area contributed by atoms with E-state index in [9.17, 15) is 17.6 Å². The molecule has 0 aliphatic carbocycles. The molecule has 0 bridgehead atoms. The number of anilines is 1. The molecular weight excluding hydrogens is 425 g/mol. The standard InChI is InChI=1S/C21H20FN3O3S2/c22-16-5-3-14(4-6-16)21(19-2-1-11-29-19)24-20(26)13-25-10-9-15-12-17(30(23,27)28)7-8-18(15)25/h1-8,11-12,21H,9-10,13H2,(H,24,26)(H2,23,27,28)/t21-/m0/s1. The van der Waals surface area contributed by atoms with E-state index < -0.39 is 10.0 Å². The molecule has 0 radical (unpaired) electrons. The molecule has 0 fully saturated rings. The molecule has 1 aliphatic heterocycles. The van der Waals surface area contributed by atoms with Crippen molar-refractivity contribution in [1.29, 1.82) is 0 Å². The van der Waals surface area contributed by atoms with E-state index in [0.717, 1.165) is 21.7 Å². The van der Waals surface area contributed by atoms with Gasteiger partial charge < -0.3 is 10.2 Å². The van der Waals surface area contributed by atoms with Crippen molar-refractivity contribution in [3.8, 4) is 0 Å². The number of nitrogens with zero attached hydrogens (tertiary/aromatic N) is 1. The second-order valence-corrected chi connectivity index (χ2v) is 9.62. The van der Waals surface area contributed by atoms with Gasteiger partial charge in [-0.1, -0.05) is 18.2 Å². The maximum Gasteiger partial charge on any atom is 0.240 e. The molecule has 9 heteroatoms. The molecule has 4 rings (SSSR count). The lowest BCUT2D eigenvalue weighted by atomic mass is 10.1. The van der Waals surface area contributed by atoms with Gasteiger partial charge >= 0.3 is 0 Å². The first-order valence-electron chi connectivity index (χ1n) is 9.30. The number of halogens is 1. The number of nitrogens with two attached hydrogens (primary N) is 1. The number of hydrogen-bond acceptors (Lipinski definition) is 5. The van der Waals surface area contributed by atoms with E-state index in [0.29, 0.717) is 13.0 Å². The lowest BCUT2D eigenvalue weighted by Gasteiger charge is -2.22. The van der Waals surface area contributed by atoms with Crippen LogP contribution in [0, 0.1) is 5.82 Å². The Hall–Kier alpha value is -2.75. The van der Waals surface area contributed by atoms with E-state index in [2.05, 4.69) is 5.32 Å². The van der Waals surface area contributed by atoms with E-state index >= 15 is 0 Å². The second kappa shape index (κ2) is 8.17. The molecule has 2 heterocycles.